The second-order valence-corrected chi connectivity index (χ2v) is 4.90. The summed E-state index contributed by atoms with van der Waals surface area (Å²) in [6.45, 7) is 1.82. The predicted molar refractivity (Wildman–Crippen MR) is 72.2 cm³/mol. The van der Waals surface area contributed by atoms with Gasteiger partial charge in [-0.15, -0.1) is 11.8 Å². The van der Waals surface area contributed by atoms with Gasteiger partial charge < -0.3 is 9.88 Å². The van der Waals surface area contributed by atoms with Crippen molar-refractivity contribution in [2.75, 3.05) is 12.8 Å². The third-order valence-corrected chi connectivity index (χ3v) is 3.47. The molecule has 2 rings (SSSR count). The lowest BCUT2D eigenvalue weighted by Crippen LogP contribution is -2.12. The Bertz CT molecular complexity index is 439. The molecule has 0 atom stereocenters. The Morgan fingerprint density at radius 1 is 1.29 bits per heavy atom. The highest BCUT2D eigenvalue weighted by atomic mass is 32.2. The molecule has 0 amide bonds. The van der Waals surface area contributed by atoms with E-state index in [1.54, 1.807) is 0 Å². The largest absolute Gasteiger partial charge is 0.333 e. The van der Waals surface area contributed by atoms with Gasteiger partial charge in [0.1, 0.15) is 5.82 Å². The van der Waals surface area contributed by atoms with Crippen molar-refractivity contribution >= 4 is 11.8 Å². The highest BCUT2D eigenvalue weighted by Crippen LogP contribution is 2.17. The molecule has 1 N–H and O–H groups in total. The monoisotopic (exact) mass is 247 g/mol. The molecule has 2 aromatic rings. The van der Waals surface area contributed by atoms with Crippen molar-refractivity contribution in [3.05, 3.63) is 48.5 Å². The van der Waals surface area contributed by atoms with Crippen molar-refractivity contribution in [2.45, 2.75) is 18.0 Å². The summed E-state index contributed by atoms with van der Waals surface area (Å²) < 4.78 is 2.20. The standard InChI is InChI=1S/C13H17N3S/c1-14-11-13-15-7-8-16(13)9-10-17-12-5-3-2-4-6-12/h2-8,14H,9-11H2,1H3. The molecule has 17 heavy (non-hydrogen) atoms. The maximum absolute atomic E-state index is 4.32. The van der Waals surface area contributed by atoms with Crippen molar-refractivity contribution in [3.8, 4) is 0 Å². The fourth-order valence-electron chi connectivity index (χ4n) is 1.65. The van der Waals surface area contributed by atoms with Gasteiger partial charge in [0.25, 0.3) is 0 Å². The third-order valence-electron chi connectivity index (χ3n) is 2.48. The van der Waals surface area contributed by atoms with Gasteiger partial charge in [0.15, 0.2) is 0 Å². The minimum absolute atomic E-state index is 0.822. The number of imidazole rings is 1. The summed E-state index contributed by atoms with van der Waals surface area (Å²) in [5, 5.41) is 3.13. The summed E-state index contributed by atoms with van der Waals surface area (Å²) in [5.74, 6) is 2.16. The quantitative estimate of drug-likeness (QED) is 0.795. The number of aryl methyl sites for hydroxylation is 1. The van der Waals surface area contributed by atoms with Gasteiger partial charge in [0, 0.05) is 29.6 Å². The molecule has 1 aromatic carbocycles. The average molecular weight is 247 g/mol. The SMILES string of the molecule is CNCc1nccn1CCSc1ccccc1. The number of hydrogen-bond donors (Lipinski definition) is 1. The summed E-state index contributed by atoms with van der Waals surface area (Å²) in [6, 6.07) is 10.5. The van der Waals surface area contributed by atoms with Gasteiger partial charge in [-0.05, 0) is 19.2 Å². The fourth-order valence-corrected chi connectivity index (χ4v) is 2.52. The fraction of sp³-hybridized carbons (Fsp3) is 0.308. The Morgan fingerprint density at radius 3 is 2.88 bits per heavy atom. The zero-order chi connectivity index (χ0) is 11.9. The van der Waals surface area contributed by atoms with Crippen LogP contribution in [0.3, 0.4) is 0 Å². The summed E-state index contributed by atoms with van der Waals surface area (Å²) in [6.07, 6.45) is 3.90. The van der Waals surface area contributed by atoms with Crippen LogP contribution in [-0.4, -0.2) is 22.4 Å². The number of nitrogens with zero attached hydrogens (tertiary/aromatic N) is 2. The highest BCUT2D eigenvalue weighted by Gasteiger charge is 2.01. The molecule has 0 fully saturated rings. The lowest BCUT2D eigenvalue weighted by molar-refractivity contribution is 0.661. The van der Waals surface area contributed by atoms with Crippen LogP contribution in [0.5, 0.6) is 0 Å². The molecule has 3 nitrogen and oxygen atoms in total. The first kappa shape index (κ1) is 12.2. The van der Waals surface area contributed by atoms with Crippen LogP contribution in [-0.2, 0) is 13.1 Å². The van der Waals surface area contributed by atoms with Crippen LogP contribution in [0.15, 0.2) is 47.6 Å². The van der Waals surface area contributed by atoms with E-state index in [4.69, 9.17) is 0 Å². The summed E-state index contributed by atoms with van der Waals surface area (Å²) >= 11 is 1.88. The number of aromatic nitrogens is 2. The molecule has 1 aromatic heterocycles. The first-order valence-corrected chi connectivity index (χ1v) is 6.71. The summed E-state index contributed by atoms with van der Waals surface area (Å²) in [5.41, 5.74) is 0. The summed E-state index contributed by atoms with van der Waals surface area (Å²) in [7, 11) is 1.94. The van der Waals surface area contributed by atoms with E-state index in [1.807, 2.05) is 37.3 Å². The van der Waals surface area contributed by atoms with Crippen LogP contribution in [0.25, 0.3) is 0 Å². The highest BCUT2D eigenvalue weighted by molar-refractivity contribution is 7.99. The van der Waals surface area contributed by atoms with Gasteiger partial charge in [0.2, 0.25) is 0 Å². The Morgan fingerprint density at radius 2 is 2.12 bits per heavy atom. The lowest BCUT2D eigenvalue weighted by atomic mass is 10.4. The maximum Gasteiger partial charge on any atom is 0.122 e. The van der Waals surface area contributed by atoms with Crippen LogP contribution in [0.4, 0.5) is 0 Å². The molecule has 0 unspecified atom stereocenters. The van der Waals surface area contributed by atoms with E-state index in [9.17, 15) is 0 Å². The molecule has 0 spiro atoms. The number of rotatable bonds is 6. The van der Waals surface area contributed by atoms with Crippen molar-refractivity contribution < 1.29 is 0 Å². The zero-order valence-corrected chi connectivity index (χ0v) is 10.8. The lowest BCUT2D eigenvalue weighted by Gasteiger charge is -2.07. The minimum atomic E-state index is 0.822. The smallest absolute Gasteiger partial charge is 0.122 e. The van der Waals surface area contributed by atoms with Crippen LogP contribution >= 0.6 is 11.8 Å². The van der Waals surface area contributed by atoms with Crippen LogP contribution < -0.4 is 5.32 Å². The number of nitrogens with one attached hydrogen (secondary N) is 1. The Balaban J connectivity index is 1.84. The topological polar surface area (TPSA) is 29.9 Å². The molecule has 90 valence electrons. The minimum Gasteiger partial charge on any atom is -0.333 e. The molecule has 0 aliphatic heterocycles. The first-order valence-electron chi connectivity index (χ1n) is 5.72. The zero-order valence-electron chi connectivity index (χ0n) is 9.97. The third kappa shape index (κ3) is 3.61. The molecule has 1 heterocycles. The van der Waals surface area contributed by atoms with Crippen LogP contribution in [0.2, 0.25) is 0 Å². The van der Waals surface area contributed by atoms with Gasteiger partial charge >= 0.3 is 0 Å². The second-order valence-electron chi connectivity index (χ2n) is 3.73. The Labute approximate surface area is 106 Å². The van der Waals surface area contributed by atoms with Crippen molar-refractivity contribution in [3.63, 3.8) is 0 Å². The first-order chi connectivity index (χ1) is 8.40. The van der Waals surface area contributed by atoms with E-state index < -0.39 is 0 Å². The van der Waals surface area contributed by atoms with Gasteiger partial charge in [-0.2, -0.15) is 0 Å². The number of thioether (sulfide) groups is 1. The van der Waals surface area contributed by atoms with E-state index in [0.29, 0.717) is 0 Å². The van der Waals surface area contributed by atoms with Crippen molar-refractivity contribution in [1.82, 2.24) is 14.9 Å². The molecule has 0 aliphatic carbocycles. The molecule has 4 heteroatoms. The molecular weight excluding hydrogens is 230 g/mol. The molecule has 0 saturated carbocycles. The molecule has 0 aliphatic rings. The maximum atomic E-state index is 4.32. The predicted octanol–water partition coefficient (Wildman–Crippen LogP) is 2.39. The normalized spacial score (nSPS) is 10.6. The molecule has 0 bridgehead atoms. The number of benzene rings is 1. The van der Waals surface area contributed by atoms with Gasteiger partial charge in [-0.1, -0.05) is 18.2 Å². The van der Waals surface area contributed by atoms with Crippen molar-refractivity contribution in [2.24, 2.45) is 0 Å². The van der Waals surface area contributed by atoms with Crippen molar-refractivity contribution in [1.29, 1.82) is 0 Å². The molecule has 0 saturated heterocycles. The summed E-state index contributed by atoms with van der Waals surface area (Å²) in [4.78, 5) is 5.64. The van der Waals surface area contributed by atoms with Gasteiger partial charge in [-0.3, -0.25) is 0 Å². The second kappa shape index (κ2) is 6.47. The van der Waals surface area contributed by atoms with E-state index in [-0.39, 0.29) is 0 Å². The van der Waals surface area contributed by atoms with E-state index in [2.05, 4.69) is 39.1 Å². The number of hydrogen-bond acceptors (Lipinski definition) is 3. The Hall–Kier alpha value is -1.26. The molecule has 0 radical (unpaired) electrons. The van der Waals surface area contributed by atoms with Gasteiger partial charge in [0.05, 0.1) is 6.54 Å². The van der Waals surface area contributed by atoms with E-state index >= 15 is 0 Å². The van der Waals surface area contributed by atoms with Crippen LogP contribution in [0.1, 0.15) is 5.82 Å². The van der Waals surface area contributed by atoms with E-state index in [1.165, 1.54) is 4.90 Å². The average Bonchev–Trinajstić information content (AvgIpc) is 2.79. The van der Waals surface area contributed by atoms with Gasteiger partial charge in [-0.25, -0.2) is 4.98 Å². The van der Waals surface area contributed by atoms with Crippen LogP contribution in [0, 0.1) is 0 Å². The van der Waals surface area contributed by atoms with E-state index in [0.717, 1.165) is 24.7 Å². The Kier molecular flexibility index (Phi) is 4.64. The molecular formula is C13H17N3S.